The SMILES string of the molecule is CC(C)c1cnnc(Nc2ccc3ncc(-c4cncnc4)cc3n2)c1. The smallest absolute Gasteiger partial charge is 0.154 e. The van der Waals surface area contributed by atoms with Gasteiger partial charge in [0.2, 0.25) is 0 Å². The summed E-state index contributed by atoms with van der Waals surface area (Å²) in [5.41, 5.74) is 4.54. The molecule has 0 aliphatic heterocycles. The number of hydrogen-bond donors (Lipinski definition) is 1. The first-order chi connectivity index (χ1) is 12.7. The fraction of sp³-hybridized carbons (Fsp3) is 0.158. The Balaban J connectivity index is 1.67. The Bertz CT molecular complexity index is 1050. The van der Waals surface area contributed by atoms with E-state index in [1.54, 1.807) is 24.8 Å². The van der Waals surface area contributed by atoms with Gasteiger partial charge in [-0.15, -0.1) is 5.10 Å². The molecule has 4 aromatic heterocycles. The number of aromatic nitrogens is 6. The van der Waals surface area contributed by atoms with Gasteiger partial charge in [-0.2, -0.15) is 5.10 Å². The van der Waals surface area contributed by atoms with Crippen LogP contribution in [0.2, 0.25) is 0 Å². The van der Waals surface area contributed by atoms with E-state index >= 15 is 0 Å². The topological polar surface area (TPSA) is 89.4 Å². The third-order valence-corrected chi connectivity index (χ3v) is 4.03. The second kappa shape index (κ2) is 6.79. The fourth-order valence-electron chi connectivity index (χ4n) is 2.57. The van der Waals surface area contributed by atoms with Gasteiger partial charge in [-0.3, -0.25) is 4.98 Å². The zero-order chi connectivity index (χ0) is 17.9. The van der Waals surface area contributed by atoms with Crippen LogP contribution >= 0.6 is 0 Å². The molecule has 0 atom stereocenters. The standard InChI is InChI=1S/C19H17N7/c1-12(2)13-6-19(26-23-10-13)25-18-4-3-16-17(24-18)5-14(9-22-16)15-7-20-11-21-8-15/h3-12H,1-2H3,(H,24,25,26). The van der Waals surface area contributed by atoms with Crippen molar-refractivity contribution in [2.45, 2.75) is 19.8 Å². The number of pyridine rings is 2. The van der Waals surface area contributed by atoms with Crippen LogP contribution in [-0.4, -0.2) is 30.1 Å². The monoisotopic (exact) mass is 343 g/mol. The minimum atomic E-state index is 0.385. The van der Waals surface area contributed by atoms with Crippen molar-refractivity contribution in [1.29, 1.82) is 0 Å². The predicted molar refractivity (Wildman–Crippen MR) is 100.0 cm³/mol. The molecule has 0 saturated heterocycles. The summed E-state index contributed by atoms with van der Waals surface area (Å²) in [4.78, 5) is 17.2. The Labute approximate surface area is 150 Å². The summed E-state index contributed by atoms with van der Waals surface area (Å²) in [5.74, 6) is 1.75. The number of nitrogens with one attached hydrogen (secondary N) is 1. The molecule has 0 amide bonds. The second-order valence-electron chi connectivity index (χ2n) is 6.24. The highest BCUT2D eigenvalue weighted by molar-refractivity contribution is 5.81. The summed E-state index contributed by atoms with van der Waals surface area (Å²) in [6.45, 7) is 4.24. The molecule has 0 aliphatic carbocycles. The molecule has 0 aromatic carbocycles. The zero-order valence-corrected chi connectivity index (χ0v) is 14.5. The minimum Gasteiger partial charge on any atom is -0.323 e. The van der Waals surface area contributed by atoms with E-state index in [1.165, 1.54) is 6.33 Å². The van der Waals surface area contributed by atoms with Crippen molar-refractivity contribution in [3.05, 3.63) is 60.9 Å². The van der Waals surface area contributed by atoms with Gasteiger partial charge in [-0.1, -0.05) is 13.8 Å². The Morgan fingerprint density at radius 1 is 0.846 bits per heavy atom. The van der Waals surface area contributed by atoms with Crippen LogP contribution in [0, 0.1) is 0 Å². The second-order valence-corrected chi connectivity index (χ2v) is 6.24. The van der Waals surface area contributed by atoms with Gasteiger partial charge in [-0.25, -0.2) is 15.0 Å². The molecular formula is C19H17N7. The summed E-state index contributed by atoms with van der Waals surface area (Å²) >= 11 is 0. The molecule has 0 saturated carbocycles. The van der Waals surface area contributed by atoms with Crippen molar-refractivity contribution in [3.8, 4) is 11.1 Å². The van der Waals surface area contributed by atoms with Crippen molar-refractivity contribution in [1.82, 2.24) is 30.1 Å². The van der Waals surface area contributed by atoms with E-state index in [4.69, 9.17) is 0 Å². The maximum atomic E-state index is 4.65. The molecule has 4 heterocycles. The Morgan fingerprint density at radius 2 is 1.69 bits per heavy atom. The molecule has 26 heavy (non-hydrogen) atoms. The van der Waals surface area contributed by atoms with Gasteiger partial charge in [-0.05, 0) is 35.7 Å². The lowest BCUT2D eigenvalue weighted by Gasteiger charge is -2.09. The summed E-state index contributed by atoms with van der Waals surface area (Å²) in [5, 5.41) is 11.4. The van der Waals surface area contributed by atoms with Crippen LogP contribution in [0.25, 0.3) is 22.2 Å². The molecule has 7 heteroatoms. The number of anilines is 2. The van der Waals surface area contributed by atoms with E-state index in [0.717, 1.165) is 27.7 Å². The van der Waals surface area contributed by atoms with E-state index < -0.39 is 0 Å². The molecule has 1 N–H and O–H groups in total. The molecule has 0 spiro atoms. The molecule has 0 bridgehead atoms. The third-order valence-electron chi connectivity index (χ3n) is 4.03. The fourth-order valence-corrected chi connectivity index (χ4v) is 2.57. The minimum absolute atomic E-state index is 0.385. The molecule has 0 aliphatic rings. The predicted octanol–water partition coefficient (Wildman–Crippen LogP) is 3.74. The van der Waals surface area contributed by atoms with E-state index in [9.17, 15) is 0 Å². The molecule has 128 valence electrons. The summed E-state index contributed by atoms with van der Waals surface area (Å²) in [6.07, 6.45) is 8.59. The zero-order valence-electron chi connectivity index (χ0n) is 14.5. The Morgan fingerprint density at radius 3 is 2.50 bits per heavy atom. The van der Waals surface area contributed by atoms with Crippen LogP contribution in [0.1, 0.15) is 25.3 Å². The molecular weight excluding hydrogens is 326 g/mol. The largest absolute Gasteiger partial charge is 0.323 e. The maximum absolute atomic E-state index is 4.65. The molecule has 4 aromatic rings. The van der Waals surface area contributed by atoms with Crippen molar-refractivity contribution >= 4 is 22.7 Å². The lowest BCUT2D eigenvalue weighted by atomic mass is 10.1. The normalized spacial score (nSPS) is 11.0. The van der Waals surface area contributed by atoms with E-state index in [-0.39, 0.29) is 0 Å². The third kappa shape index (κ3) is 3.32. The molecule has 4 rings (SSSR count). The van der Waals surface area contributed by atoms with Crippen molar-refractivity contribution < 1.29 is 0 Å². The number of nitrogens with zero attached hydrogens (tertiary/aromatic N) is 6. The molecule has 0 unspecified atom stereocenters. The van der Waals surface area contributed by atoms with Crippen LogP contribution in [0.4, 0.5) is 11.6 Å². The van der Waals surface area contributed by atoms with Crippen molar-refractivity contribution in [2.75, 3.05) is 5.32 Å². The number of hydrogen-bond acceptors (Lipinski definition) is 7. The average Bonchev–Trinajstić information content (AvgIpc) is 2.68. The van der Waals surface area contributed by atoms with Gasteiger partial charge in [0.15, 0.2) is 5.82 Å². The highest BCUT2D eigenvalue weighted by Crippen LogP contribution is 2.23. The van der Waals surface area contributed by atoms with Crippen LogP contribution in [0.5, 0.6) is 0 Å². The van der Waals surface area contributed by atoms with Gasteiger partial charge in [0.05, 0.1) is 17.2 Å². The Kier molecular flexibility index (Phi) is 4.18. The van der Waals surface area contributed by atoms with Crippen LogP contribution in [0.15, 0.2) is 55.4 Å². The molecule has 0 fully saturated rings. The molecule has 7 nitrogen and oxygen atoms in total. The van der Waals surface area contributed by atoms with Gasteiger partial charge >= 0.3 is 0 Å². The number of rotatable bonds is 4. The van der Waals surface area contributed by atoms with Crippen LogP contribution in [0.3, 0.4) is 0 Å². The highest BCUT2D eigenvalue weighted by Gasteiger charge is 2.06. The number of fused-ring (bicyclic) bond motifs is 1. The van der Waals surface area contributed by atoms with E-state index in [1.807, 2.05) is 24.3 Å². The first kappa shape index (κ1) is 16.0. The lowest BCUT2D eigenvalue weighted by molar-refractivity contribution is 0.843. The van der Waals surface area contributed by atoms with E-state index in [0.29, 0.717) is 17.6 Å². The van der Waals surface area contributed by atoms with Gasteiger partial charge in [0, 0.05) is 29.7 Å². The first-order valence-electron chi connectivity index (χ1n) is 8.31. The van der Waals surface area contributed by atoms with Gasteiger partial charge in [0.1, 0.15) is 12.1 Å². The highest BCUT2D eigenvalue weighted by atomic mass is 15.2. The van der Waals surface area contributed by atoms with Crippen LogP contribution < -0.4 is 5.32 Å². The first-order valence-corrected chi connectivity index (χ1v) is 8.31. The summed E-state index contributed by atoms with van der Waals surface area (Å²) in [7, 11) is 0. The average molecular weight is 343 g/mol. The lowest BCUT2D eigenvalue weighted by Crippen LogP contribution is -2.00. The summed E-state index contributed by atoms with van der Waals surface area (Å²) in [6, 6.07) is 7.77. The van der Waals surface area contributed by atoms with Crippen molar-refractivity contribution in [3.63, 3.8) is 0 Å². The summed E-state index contributed by atoms with van der Waals surface area (Å²) < 4.78 is 0. The van der Waals surface area contributed by atoms with Gasteiger partial charge in [0.25, 0.3) is 0 Å². The van der Waals surface area contributed by atoms with E-state index in [2.05, 4.69) is 49.3 Å². The van der Waals surface area contributed by atoms with Crippen molar-refractivity contribution in [2.24, 2.45) is 0 Å². The molecule has 0 radical (unpaired) electrons. The quantitative estimate of drug-likeness (QED) is 0.603. The Hall–Kier alpha value is -3.48. The van der Waals surface area contributed by atoms with Crippen LogP contribution in [-0.2, 0) is 0 Å². The van der Waals surface area contributed by atoms with Gasteiger partial charge < -0.3 is 5.32 Å². The maximum Gasteiger partial charge on any atom is 0.154 e.